The summed E-state index contributed by atoms with van der Waals surface area (Å²) in [6.45, 7) is 0.750. The molecule has 0 heterocycles. The van der Waals surface area contributed by atoms with Crippen molar-refractivity contribution in [3.05, 3.63) is 96.1 Å². The average Bonchev–Trinajstić information content (AvgIpc) is 2.61. The minimum Gasteiger partial charge on any atom is -0.372 e. The van der Waals surface area contributed by atoms with Gasteiger partial charge in [-0.05, 0) is 16.7 Å². The fourth-order valence-electron chi connectivity index (χ4n) is 2.32. The second kappa shape index (κ2) is 7.01. The Hall–Kier alpha value is -2.45. The fourth-order valence-corrected chi connectivity index (χ4v) is 2.53. The topological polar surface area (TPSA) is 12.0 Å². The van der Waals surface area contributed by atoms with E-state index in [0.717, 1.165) is 17.1 Å². The zero-order valence-electron chi connectivity index (χ0n) is 12.2. The van der Waals surface area contributed by atoms with Crippen LogP contribution in [-0.2, 0) is 6.54 Å². The van der Waals surface area contributed by atoms with E-state index in [2.05, 4.69) is 66.0 Å². The van der Waals surface area contributed by atoms with Gasteiger partial charge in [0, 0.05) is 12.1 Å². The monoisotopic (exact) mass is 303 g/mol. The van der Waals surface area contributed by atoms with Crippen LogP contribution < -0.4 is 5.32 Å². The van der Waals surface area contributed by atoms with Crippen LogP contribution in [0, 0.1) is 0 Å². The van der Waals surface area contributed by atoms with Crippen molar-refractivity contribution >= 4 is 17.2 Å². The second-order valence-electron chi connectivity index (χ2n) is 5.11. The Morgan fingerprint density at radius 3 is 1.86 bits per heavy atom. The first-order valence-electron chi connectivity index (χ1n) is 7.30. The van der Waals surface area contributed by atoms with Crippen LogP contribution >= 0.6 is 12.2 Å². The molecule has 0 aliphatic heterocycles. The van der Waals surface area contributed by atoms with Crippen LogP contribution in [0.4, 0.5) is 0 Å². The molecule has 0 bridgehead atoms. The minimum atomic E-state index is 0.750. The fraction of sp³-hybridized carbons (Fsp3) is 0.0500. The molecule has 0 aliphatic rings. The van der Waals surface area contributed by atoms with E-state index in [-0.39, 0.29) is 0 Å². The number of hydrogen-bond donors (Lipinski definition) is 1. The molecule has 0 amide bonds. The van der Waals surface area contributed by atoms with Crippen molar-refractivity contribution in [2.75, 3.05) is 0 Å². The van der Waals surface area contributed by atoms with E-state index < -0.39 is 0 Å². The maximum absolute atomic E-state index is 5.47. The van der Waals surface area contributed by atoms with Crippen molar-refractivity contribution in [2.45, 2.75) is 6.54 Å². The van der Waals surface area contributed by atoms with Crippen molar-refractivity contribution < 1.29 is 0 Å². The first kappa shape index (κ1) is 14.5. The van der Waals surface area contributed by atoms with Crippen LogP contribution in [0.3, 0.4) is 0 Å². The molecule has 0 radical (unpaired) electrons. The highest BCUT2D eigenvalue weighted by Gasteiger charge is 2.02. The molecule has 3 aromatic carbocycles. The normalized spacial score (nSPS) is 10.2. The predicted octanol–water partition coefficient (Wildman–Crippen LogP) is 4.82. The smallest absolute Gasteiger partial charge is 0.106 e. The first-order valence-corrected chi connectivity index (χ1v) is 7.71. The SMILES string of the molecule is S=C(NCc1ccccc1)c1ccc(-c2ccccc2)cc1. The summed E-state index contributed by atoms with van der Waals surface area (Å²) in [6, 6.07) is 29.0. The van der Waals surface area contributed by atoms with E-state index in [4.69, 9.17) is 12.2 Å². The van der Waals surface area contributed by atoms with Gasteiger partial charge in [-0.3, -0.25) is 0 Å². The molecule has 0 unspecified atom stereocenters. The molecule has 1 N–H and O–H groups in total. The maximum Gasteiger partial charge on any atom is 0.106 e. The molecule has 0 aliphatic carbocycles. The minimum absolute atomic E-state index is 0.750. The molecule has 2 heteroatoms. The van der Waals surface area contributed by atoms with Gasteiger partial charge in [-0.15, -0.1) is 0 Å². The van der Waals surface area contributed by atoms with E-state index in [9.17, 15) is 0 Å². The van der Waals surface area contributed by atoms with Crippen LogP contribution in [0.25, 0.3) is 11.1 Å². The zero-order chi connectivity index (χ0) is 15.2. The van der Waals surface area contributed by atoms with Crippen molar-refractivity contribution in [1.82, 2.24) is 5.32 Å². The average molecular weight is 303 g/mol. The van der Waals surface area contributed by atoms with Gasteiger partial charge < -0.3 is 5.32 Å². The van der Waals surface area contributed by atoms with Gasteiger partial charge in [0.1, 0.15) is 4.99 Å². The molecule has 3 aromatic rings. The Kier molecular flexibility index (Phi) is 4.62. The van der Waals surface area contributed by atoms with Gasteiger partial charge in [-0.2, -0.15) is 0 Å². The molecule has 22 heavy (non-hydrogen) atoms. The van der Waals surface area contributed by atoms with Gasteiger partial charge in [0.15, 0.2) is 0 Å². The van der Waals surface area contributed by atoms with Gasteiger partial charge in [0.25, 0.3) is 0 Å². The molecule has 1 nitrogen and oxygen atoms in total. The highest BCUT2D eigenvalue weighted by atomic mass is 32.1. The molecule has 108 valence electrons. The van der Waals surface area contributed by atoms with Crippen LogP contribution in [-0.4, -0.2) is 4.99 Å². The first-order chi connectivity index (χ1) is 10.8. The number of rotatable bonds is 4. The van der Waals surface area contributed by atoms with Crippen LogP contribution in [0.2, 0.25) is 0 Å². The lowest BCUT2D eigenvalue weighted by Gasteiger charge is -2.09. The third-order valence-electron chi connectivity index (χ3n) is 3.55. The molecule has 0 aromatic heterocycles. The van der Waals surface area contributed by atoms with E-state index >= 15 is 0 Å². The second-order valence-corrected chi connectivity index (χ2v) is 5.52. The zero-order valence-corrected chi connectivity index (χ0v) is 13.0. The van der Waals surface area contributed by atoms with Crippen LogP contribution in [0.1, 0.15) is 11.1 Å². The largest absolute Gasteiger partial charge is 0.372 e. The quantitative estimate of drug-likeness (QED) is 0.694. The standard InChI is InChI=1S/C20H17NS/c22-20(21-15-16-7-3-1-4-8-16)19-13-11-18(12-14-19)17-9-5-2-6-10-17/h1-14H,15H2,(H,21,22). The van der Waals surface area contributed by atoms with Gasteiger partial charge >= 0.3 is 0 Å². The molecule has 0 saturated carbocycles. The third kappa shape index (κ3) is 3.60. The molecule has 0 fully saturated rings. The lowest BCUT2D eigenvalue weighted by atomic mass is 10.0. The highest BCUT2D eigenvalue weighted by molar-refractivity contribution is 7.80. The van der Waals surface area contributed by atoms with Gasteiger partial charge in [-0.25, -0.2) is 0 Å². The van der Waals surface area contributed by atoms with E-state index in [1.165, 1.54) is 16.7 Å². The summed E-state index contributed by atoms with van der Waals surface area (Å²) < 4.78 is 0. The van der Waals surface area contributed by atoms with E-state index in [1.807, 2.05) is 24.3 Å². The predicted molar refractivity (Wildman–Crippen MR) is 96.9 cm³/mol. The Morgan fingerprint density at radius 2 is 1.23 bits per heavy atom. The molecule has 3 rings (SSSR count). The van der Waals surface area contributed by atoms with Gasteiger partial charge in [0.05, 0.1) is 0 Å². The Morgan fingerprint density at radius 1 is 0.682 bits per heavy atom. The summed E-state index contributed by atoms with van der Waals surface area (Å²) >= 11 is 5.47. The summed E-state index contributed by atoms with van der Waals surface area (Å²) in [6.07, 6.45) is 0. The summed E-state index contributed by atoms with van der Waals surface area (Å²) in [4.78, 5) is 0.781. The molecule has 0 atom stereocenters. The Bertz CT molecular complexity index is 734. The number of thiocarbonyl (C=S) groups is 1. The maximum atomic E-state index is 5.47. The summed E-state index contributed by atoms with van der Waals surface area (Å²) in [5.74, 6) is 0. The van der Waals surface area contributed by atoms with Gasteiger partial charge in [-0.1, -0.05) is 97.1 Å². The molecular formula is C20H17NS. The molecule has 0 saturated heterocycles. The van der Waals surface area contributed by atoms with E-state index in [0.29, 0.717) is 0 Å². The van der Waals surface area contributed by atoms with Gasteiger partial charge in [0.2, 0.25) is 0 Å². The van der Waals surface area contributed by atoms with E-state index in [1.54, 1.807) is 0 Å². The Balaban J connectivity index is 1.66. The Labute approximate surface area is 136 Å². The van der Waals surface area contributed by atoms with Crippen LogP contribution in [0.15, 0.2) is 84.9 Å². The summed E-state index contributed by atoms with van der Waals surface area (Å²) in [5, 5.41) is 3.31. The van der Waals surface area contributed by atoms with Crippen molar-refractivity contribution in [1.29, 1.82) is 0 Å². The lowest BCUT2D eigenvalue weighted by molar-refractivity contribution is 0.929. The lowest BCUT2D eigenvalue weighted by Crippen LogP contribution is -2.21. The highest BCUT2D eigenvalue weighted by Crippen LogP contribution is 2.19. The summed E-state index contributed by atoms with van der Waals surface area (Å²) in [5.41, 5.74) is 4.70. The number of benzene rings is 3. The number of hydrogen-bond acceptors (Lipinski definition) is 1. The molecular weight excluding hydrogens is 286 g/mol. The third-order valence-corrected chi connectivity index (χ3v) is 3.93. The summed E-state index contributed by atoms with van der Waals surface area (Å²) in [7, 11) is 0. The van der Waals surface area contributed by atoms with Crippen molar-refractivity contribution in [2.24, 2.45) is 0 Å². The van der Waals surface area contributed by atoms with Crippen molar-refractivity contribution in [3.63, 3.8) is 0 Å². The van der Waals surface area contributed by atoms with Crippen molar-refractivity contribution in [3.8, 4) is 11.1 Å². The number of nitrogens with one attached hydrogen (secondary N) is 1. The van der Waals surface area contributed by atoms with Crippen LogP contribution in [0.5, 0.6) is 0 Å². The molecule has 0 spiro atoms.